The van der Waals surface area contributed by atoms with Crippen LogP contribution in [-0.2, 0) is 11.3 Å². The molecule has 0 bridgehead atoms. The van der Waals surface area contributed by atoms with Gasteiger partial charge in [0, 0.05) is 5.02 Å². The Morgan fingerprint density at radius 3 is 2.61 bits per heavy atom. The fourth-order valence-corrected chi connectivity index (χ4v) is 1.64. The van der Waals surface area contributed by atoms with E-state index in [2.05, 4.69) is 19.2 Å². The molecule has 0 aliphatic rings. The van der Waals surface area contributed by atoms with Crippen molar-refractivity contribution in [1.29, 1.82) is 0 Å². The number of quaternary nitrogens is 1. The summed E-state index contributed by atoms with van der Waals surface area (Å²) in [4.78, 5) is 0. The van der Waals surface area contributed by atoms with Crippen molar-refractivity contribution < 1.29 is 15.2 Å². The molecule has 18 heavy (non-hydrogen) atoms. The summed E-state index contributed by atoms with van der Waals surface area (Å²) in [6.07, 6.45) is 0.699. The van der Waals surface area contributed by atoms with Crippen LogP contribution in [0, 0.1) is 0 Å². The highest BCUT2D eigenvalue weighted by atomic mass is 35.5. The van der Waals surface area contributed by atoms with Crippen LogP contribution >= 0.6 is 11.6 Å². The third-order valence-electron chi connectivity index (χ3n) is 2.95. The van der Waals surface area contributed by atoms with E-state index < -0.39 is 6.10 Å². The summed E-state index contributed by atoms with van der Waals surface area (Å²) in [5.41, 5.74) is 1.07. The lowest BCUT2D eigenvalue weighted by Crippen LogP contribution is -2.91. The molecule has 0 saturated carbocycles. The zero-order valence-electron chi connectivity index (χ0n) is 11.1. The molecule has 0 aliphatic heterocycles. The number of rotatable bonds is 8. The minimum atomic E-state index is -0.411. The van der Waals surface area contributed by atoms with Crippen LogP contribution in [0.25, 0.3) is 0 Å². The SMILES string of the molecule is CC[C@H](C)[NH2+]C[C@H](O)COCc1ccc(Cl)cc1. The van der Waals surface area contributed by atoms with E-state index >= 15 is 0 Å². The Morgan fingerprint density at radius 2 is 2.00 bits per heavy atom. The lowest BCUT2D eigenvalue weighted by molar-refractivity contribution is -0.692. The quantitative estimate of drug-likeness (QED) is 0.755. The maximum Gasteiger partial charge on any atom is 0.126 e. The minimum absolute atomic E-state index is 0.371. The van der Waals surface area contributed by atoms with Crippen molar-refractivity contribution in [1.82, 2.24) is 0 Å². The molecular weight excluding hydrogens is 250 g/mol. The fraction of sp³-hybridized carbons (Fsp3) is 0.571. The van der Waals surface area contributed by atoms with Crippen molar-refractivity contribution >= 4 is 11.6 Å². The van der Waals surface area contributed by atoms with E-state index in [1.54, 1.807) is 0 Å². The van der Waals surface area contributed by atoms with E-state index in [0.29, 0.717) is 25.8 Å². The van der Waals surface area contributed by atoms with Crippen LogP contribution in [0.1, 0.15) is 25.8 Å². The van der Waals surface area contributed by atoms with Gasteiger partial charge in [-0.3, -0.25) is 0 Å². The third-order valence-corrected chi connectivity index (χ3v) is 3.20. The predicted octanol–water partition coefficient (Wildman–Crippen LogP) is 1.58. The van der Waals surface area contributed by atoms with Gasteiger partial charge in [0.05, 0.1) is 19.3 Å². The van der Waals surface area contributed by atoms with Crippen molar-refractivity contribution in [3.8, 4) is 0 Å². The van der Waals surface area contributed by atoms with Gasteiger partial charge in [0.15, 0.2) is 0 Å². The van der Waals surface area contributed by atoms with E-state index in [1.165, 1.54) is 0 Å². The second-order valence-electron chi connectivity index (χ2n) is 4.65. The number of nitrogens with two attached hydrogens (primary N) is 1. The van der Waals surface area contributed by atoms with Gasteiger partial charge in [0.25, 0.3) is 0 Å². The first-order chi connectivity index (χ1) is 8.61. The van der Waals surface area contributed by atoms with Gasteiger partial charge in [-0.05, 0) is 31.0 Å². The third kappa shape index (κ3) is 6.36. The highest BCUT2D eigenvalue weighted by molar-refractivity contribution is 6.30. The molecule has 0 unspecified atom stereocenters. The van der Waals surface area contributed by atoms with Crippen LogP contribution in [-0.4, -0.2) is 30.4 Å². The van der Waals surface area contributed by atoms with E-state index in [1.807, 2.05) is 24.3 Å². The zero-order valence-corrected chi connectivity index (χ0v) is 11.9. The van der Waals surface area contributed by atoms with Crippen LogP contribution in [0.15, 0.2) is 24.3 Å². The topological polar surface area (TPSA) is 46.1 Å². The van der Waals surface area contributed by atoms with Gasteiger partial charge >= 0.3 is 0 Å². The molecule has 0 amide bonds. The summed E-state index contributed by atoms with van der Waals surface area (Å²) in [7, 11) is 0. The van der Waals surface area contributed by atoms with E-state index in [4.69, 9.17) is 16.3 Å². The minimum Gasteiger partial charge on any atom is -0.385 e. The summed E-state index contributed by atoms with van der Waals surface area (Å²) in [5, 5.41) is 12.6. The van der Waals surface area contributed by atoms with Gasteiger partial charge in [-0.15, -0.1) is 0 Å². The Bertz CT molecular complexity index is 329. The average molecular weight is 273 g/mol. The first kappa shape index (κ1) is 15.4. The molecule has 3 N–H and O–H groups in total. The van der Waals surface area contributed by atoms with Crippen molar-refractivity contribution in [3.63, 3.8) is 0 Å². The standard InChI is InChI=1S/C14H22ClNO2/c1-3-11(2)16-8-14(17)10-18-9-12-4-6-13(15)7-5-12/h4-7,11,14,16-17H,3,8-10H2,1-2H3/p+1/t11-,14-/m0/s1. The van der Waals surface area contributed by atoms with E-state index in [0.717, 1.165) is 17.0 Å². The molecule has 3 nitrogen and oxygen atoms in total. The van der Waals surface area contributed by atoms with Crippen molar-refractivity contribution in [2.24, 2.45) is 0 Å². The fourth-order valence-electron chi connectivity index (χ4n) is 1.52. The summed E-state index contributed by atoms with van der Waals surface area (Å²) in [6, 6.07) is 8.09. The number of hydrogen-bond acceptors (Lipinski definition) is 2. The van der Waals surface area contributed by atoms with Crippen LogP contribution < -0.4 is 5.32 Å². The summed E-state index contributed by atoms with van der Waals surface area (Å²) in [5.74, 6) is 0. The van der Waals surface area contributed by atoms with Crippen molar-refractivity contribution in [2.45, 2.75) is 39.0 Å². The predicted molar refractivity (Wildman–Crippen MR) is 73.7 cm³/mol. The molecule has 0 spiro atoms. The molecule has 0 aromatic heterocycles. The normalized spacial score (nSPS) is 14.4. The number of aliphatic hydroxyl groups is 1. The smallest absolute Gasteiger partial charge is 0.126 e. The van der Waals surface area contributed by atoms with Gasteiger partial charge in [-0.1, -0.05) is 30.7 Å². The molecular formula is C14H23ClNO2+. The van der Waals surface area contributed by atoms with Crippen LogP contribution in [0.5, 0.6) is 0 Å². The molecule has 4 heteroatoms. The van der Waals surface area contributed by atoms with Gasteiger partial charge in [0.2, 0.25) is 0 Å². The highest BCUT2D eigenvalue weighted by Gasteiger charge is 2.09. The Balaban J connectivity index is 2.15. The van der Waals surface area contributed by atoms with Gasteiger partial charge in [-0.2, -0.15) is 0 Å². The first-order valence-electron chi connectivity index (χ1n) is 6.45. The van der Waals surface area contributed by atoms with Crippen LogP contribution in [0.2, 0.25) is 5.02 Å². The van der Waals surface area contributed by atoms with Gasteiger partial charge in [-0.25, -0.2) is 0 Å². The molecule has 0 heterocycles. The first-order valence-corrected chi connectivity index (χ1v) is 6.83. The number of hydrogen-bond donors (Lipinski definition) is 2. The van der Waals surface area contributed by atoms with Crippen LogP contribution in [0.3, 0.4) is 0 Å². The molecule has 1 rings (SSSR count). The summed E-state index contributed by atoms with van der Waals surface area (Å²) < 4.78 is 5.47. The van der Waals surface area contributed by atoms with E-state index in [-0.39, 0.29) is 0 Å². The Hall–Kier alpha value is -0.610. The monoisotopic (exact) mass is 272 g/mol. The molecule has 1 aromatic rings. The zero-order chi connectivity index (χ0) is 13.4. The summed E-state index contributed by atoms with van der Waals surface area (Å²) >= 11 is 5.80. The molecule has 102 valence electrons. The van der Waals surface area contributed by atoms with Gasteiger partial charge < -0.3 is 15.2 Å². The maximum atomic E-state index is 9.74. The lowest BCUT2D eigenvalue weighted by atomic mass is 10.2. The van der Waals surface area contributed by atoms with Crippen molar-refractivity contribution in [2.75, 3.05) is 13.2 Å². The molecule has 0 aliphatic carbocycles. The van der Waals surface area contributed by atoms with Crippen LogP contribution in [0.4, 0.5) is 0 Å². The summed E-state index contributed by atoms with van der Waals surface area (Å²) in [6.45, 7) is 5.87. The number of halogens is 1. The lowest BCUT2D eigenvalue weighted by Gasteiger charge is -2.13. The number of ether oxygens (including phenoxy) is 1. The molecule has 0 saturated heterocycles. The number of benzene rings is 1. The molecule has 2 atom stereocenters. The number of aliphatic hydroxyl groups excluding tert-OH is 1. The molecule has 1 aromatic carbocycles. The van der Waals surface area contributed by atoms with E-state index in [9.17, 15) is 5.11 Å². The average Bonchev–Trinajstić information content (AvgIpc) is 2.38. The second kappa shape index (κ2) is 8.48. The highest BCUT2D eigenvalue weighted by Crippen LogP contribution is 2.10. The Kier molecular flexibility index (Phi) is 7.28. The molecule has 0 radical (unpaired) electrons. The largest absolute Gasteiger partial charge is 0.385 e. The molecule has 0 fully saturated rings. The Morgan fingerprint density at radius 1 is 1.33 bits per heavy atom. The van der Waals surface area contributed by atoms with Gasteiger partial charge in [0.1, 0.15) is 12.6 Å². The van der Waals surface area contributed by atoms with Crippen molar-refractivity contribution in [3.05, 3.63) is 34.9 Å². The Labute approximate surface area is 114 Å². The maximum absolute atomic E-state index is 9.74. The second-order valence-corrected chi connectivity index (χ2v) is 5.09.